The molecule has 0 aliphatic carbocycles. The van der Waals surface area contributed by atoms with Crippen LogP contribution in [-0.4, -0.2) is 50.2 Å². The lowest BCUT2D eigenvalue weighted by atomic mass is 10.0. The van der Waals surface area contributed by atoms with Crippen molar-refractivity contribution in [1.29, 1.82) is 0 Å². The van der Waals surface area contributed by atoms with Crippen molar-refractivity contribution in [2.75, 3.05) is 13.2 Å². The predicted molar refractivity (Wildman–Crippen MR) is 61.2 cm³/mol. The zero-order valence-corrected chi connectivity index (χ0v) is 9.82. The highest BCUT2D eigenvalue weighted by atomic mass is 16.7. The van der Waals surface area contributed by atoms with Crippen molar-refractivity contribution in [1.82, 2.24) is 9.63 Å². The van der Waals surface area contributed by atoms with E-state index < -0.39 is 6.09 Å². The number of carbonyl (C=O) groups excluding carboxylic acids is 1. The summed E-state index contributed by atoms with van der Waals surface area (Å²) in [5.74, 6) is -0.725. The van der Waals surface area contributed by atoms with E-state index in [0.29, 0.717) is 11.3 Å². The molecular formula is C11H16N2O5. The van der Waals surface area contributed by atoms with Crippen LogP contribution in [0.15, 0.2) is 12.1 Å². The van der Waals surface area contributed by atoms with E-state index in [-0.39, 0.29) is 24.4 Å². The maximum absolute atomic E-state index is 11.9. The van der Waals surface area contributed by atoms with Gasteiger partial charge in [-0.05, 0) is 19.3 Å². The molecule has 1 atom stereocenters. The first kappa shape index (κ1) is 12.6. The van der Waals surface area contributed by atoms with Crippen LogP contribution in [0.25, 0.3) is 0 Å². The van der Waals surface area contributed by atoms with Crippen molar-refractivity contribution >= 4 is 6.09 Å². The molecule has 3 N–H and O–H groups in total. The number of aromatic nitrogens is 1. The summed E-state index contributed by atoms with van der Waals surface area (Å²) in [5.41, 5.74) is 0. The molecule has 0 spiro atoms. The second-order valence-corrected chi connectivity index (χ2v) is 4.23. The SMILES string of the molecule is O=C(On1c(O)ccc1O)N1CCCCC1CO. The Morgan fingerprint density at radius 1 is 1.33 bits per heavy atom. The molecule has 7 heteroatoms. The summed E-state index contributed by atoms with van der Waals surface area (Å²) >= 11 is 0. The first-order chi connectivity index (χ1) is 8.63. The Balaban J connectivity index is 2.07. The van der Waals surface area contributed by atoms with Gasteiger partial charge in [-0.2, -0.15) is 0 Å². The number of carbonyl (C=O) groups is 1. The zero-order valence-electron chi connectivity index (χ0n) is 9.82. The largest absolute Gasteiger partial charge is 0.492 e. The first-order valence-corrected chi connectivity index (χ1v) is 5.83. The number of amides is 1. The smallest absolute Gasteiger partial charge is 0.435 e. The van der Waals surface area contributed by atoms with Crippen LogP contribution in [0.4, 0.5) is 4.79 Å². The van der Waals surface area contributed by atoms with E-state index in [1.807, 2.05) is 0 Å². The number of hydrogen-bond donors (Lipinski definition) is 3. The Morgan fingerprint density at radius 3 is 2.61 bits per heavy atom. The summed E-state index contributed by atoms with van der Waals surface area (Å²) in [6, 6.07) is 2.15. The van der Waals surface area contributed by atoms with Gasteiger partial charge in [-0.3, -0.25) is 0 Å². The van der Waals surface area contributed by atoms with Crippen LogP contribution < -0.4 is 4.84 Å². The summed E-state index contributed by atoms with van der Waals surface area (Å²) in [6.45, 7) is 0.367. The van der Waals surface area contributed by atoms with Crippen LogP contribution in [0, 0.1) is 0 Å². The highest BCUT2D eigenvalue weighted by molar-refractivity contribution is 5.68. The fraction of sp³-hybridized carbons (Fsp3) is 0.545. The average Bonchev–Trinajstić information content (AvgIpc) is 2.70. The zero-order chi connectivity index (χ0) is 13.1. The number of nitrogens with zero attached hydrogens (tertiary/aromatic N) is 2. The Hall–Kier alpha value is -1.89. The lowest BCUT2D eigenvalue weighted by Crippen LogP contribution is -2.48. The Kier molecular flexibility index (Phi) is 3.61. The third-order valence-corrected chi connectivity index (χ3v) is 3.04. The van der Waals surface area contributed by atoms with Crippen molar-refractivity contribution in [3.63, 3.8) is 0 Å². The lowest BCUT2D eigenvalue weighted by molar-refractivity contribution is 0.0388. The molecule has 1 unspecified atom stereocenters. The molecule has 0 saturated carbocycles. The van der Waals surface area contributed by atoms with Crippen molar-refractivity contribution in [3.8, 4) is 11.8 Å². The fourth-order valence-corrected chi connectivity index (χ4v) is 2.06. The van der Waals surface area contributed by atoms with Crippen LogP contribution in [0.3, 0.4) is 0 Å². The molecule has 1 fully saturated rings. The second kappa shape index (κ2) is 5.18. The Labute approximate surface area is 104 Å². The number of piperidine rings is 1. The van der Waals surface area contributed by atoms with Gasteiger partial charge in [0.05, 0.1) is 12.6 Å². The molecule has 0 radical (unpaired) electrons. The quantitative estimate of drug-likeness (QED) is 0.707. The molecule has 18 heavy (non-hydrogen) atoms. The van der Waals surface area contributed by atoms with Crippen molar-refractivity contribution in [2.24, 2.45) is 0 Å². The molecule has 1 aliphatic heterocycles. The highest BCUT2D eigenvalue weighted by Crippen LogP contribution is 2.21. The van der Waals surface area contributed by atoms with Gasteiger partial charge in [-0.15, -0.1) is 4.73 Å². The monoisotopic (exact) mass is 256 g/mol. The summed E-state index contributed by atoms with van der Waals surface area (Å²) in [7, 11) is 0. The number of rotatable bonds is 2. The van der Waals surface area contributed by atoms with Gasteiger partial charge in [-0.25, -0.2) is 4.79 Å². The highest BCUT2D eigenvalue weighted by Gasteiger charge is 2.28. The molecular weight excluding hydrogens is 240 g/mol. The summed E-state index contributed by atoms with van der Waals surface area (Å²) in [5, 5.41) is 27.9. The summed E-state index contributed by atoms with van der Waals surface area (Å²) in [4.78, 5) is 18.2. The van der Waals surface area contributed by atoms with Gasteiger partial charge >= 0.3 is 6.09 Å². The molecule has 1 amide bonds. The van der Waals surface area contributed by atoms with Gasteiger partial charge in [0.25, 0.3) is 0 Å². The van der Waals surface area contributed by atoms with E-state index in [1.54, 1.807) is 0 Å². The van der Waals surface area contributed by atoms with E-state index in [9.17, 15) is 20.1 Å². The van der Waals surface area contributed by atoms with E-state index in [0.717, 1.165) is 19.3 Å². The van der Waals surface area contributed by atoms with Gasteiger partial charge in [0.2, 0.25) is 11.8 Å². The number of aliphatic hydroxyl groups excluding tert-OH is 1. The third-order valence-electron chi connectivity index (χ3n) is 3.04. The number of aromatic hydroxyl groups is 2. The molecule has 7 nitrogen and oxygen atoms in total. The molecule has 1 saturated heterocycles. The van der Waals surface area contributed by atoms with Gasteiger partial charge in [0.15, 0.2) is 0 Å². The molecule has 0 aromatic carbocycles. The number of hydrogen-bond acceptors (Lipinski definition) is 5. The molecule has 2 rings (SSSR count). The molecule has 100 valence electrons. The van der Waals surface area contributed by atoms with Crippen molar-refractivity contribution in [3.05, 3.63) is 12.1 Å². The Bertz CT molecular complexity index is 412. The molecule has 2 heterocycles. The van der Waals surface area contributed by atoms with E-state index in [2.05, 4.69) is 0 Å². The van der Waals surface area contributed by atoms with E-state index in [1.165, 1.54) is 17.0 Å². The van der Waals surface area contributed by atoms with Crippen LogP contribution in [0.5, 0.6) is 11.8 Å². The molecule has 1 aromatic rings. The van der Waals surface area contributed by atoms with E-state index >= 15 is 0 Å². The van der Waals surface area contributed by atoms with Crippen LogP contribution in [0.1, 0.15) is 19.3 Å². The van der Waals surface area contributed by atoms with Crippen LogP contribution in [-0.2, 0) is 0 Å². The minimum absolute atomic E-state index is 0.126. The van der Waals surface area contributed by atoms with Gasteiger partial charge < -0.3 is 25.1 Å². The predicted octanol–water partition coefficient (Wildman–Crippen LogP) is 0.295. The van der Waals surface area contributed by atoms with Crippen LogP contribution in [0.2, 0.25) is 0 Å². The summed E-state index contributed by atoms with van der Waals surface area (Å²) in [6.07, 6.45) is 1.81. The number of likely N-dealkylation sites (tertiary alicyclic amines) is 1. The number of aliphatic hydroxyl groups is 1. The molecule has 0 bridgehead atoms. The minimum atomic E-state index is -0.699. The van der Waals surface area contributed by atoms with Crippen molar-refractivity contribution in [2.45, 2.75) is 25.3 Å². The first-order valence-electron chi connectivity index (χ1n) is 5.83. The second-order valence-electron chi connectivity index (χ2n) is 4.23. The third kappa shape index (κ3) is 2.35. The van der Waals surface area contributed by atoms with E-state index in [4.69, 9.17) is 4.84 Å². The van der Waals surface area contributed by atoms with Gasteiger partial charge in [0.1, 0.15) is 0 Å². The van der Waals surface area contributed by atoms with Crippen LogP contribution >= 0.6 is 0 Å². The lowest BCUT2D eigenvalue weighted by Gasteiger charge is -2.33. The Morgan fingerprint density at radius 2 is 2.00 bits per heavy atom. The fourth-order valence-electron chi connectivity index (χ4n) is 2.06. The van der Waals surface area contributed by atoms with Gasteiger partial charge in [-0.1, -0.05) is 0 Å². The van der Waals surface area contributed by atoms with Crippen molar-refractivity contribution < 1.29 is 25.0 Å². The standard InChI is InChI=1S/C11H16N2O5/c14-7-8-3-1-2-6-12(8)11(17)18-13-9(15)4-5-10(13)16/h4-5,8,14-16H,1-3,6-7H2. The maximum Gasteiger partial charge on any atom is 0.435 e. The average molecular weight is 256 g/mol. The topological polar surface area (TPSA) is 95.2 Å². The summed E-state index contributed by atoms with van der Waals surface area (Å²) < 4.78 is 0.644. The maximum atomic E-state index is 11.9. The molecule has 1 aliphatic rings. The normalized spacial score (nSPS) is 19.8. The molecule has 1 aromatic heterocycles. The minimum Gasteiger partial charge on any atom is -0.492 e. The van der Waals surface area contributed by atoms with Gasteiger partial charge in [0, 0.05) is 18.7 Å².